The minimum absolute atomic E-state index is 0.000832. The van der Waals surface area contributed by atoms with Gasteiger partial charge < -0.3 is 10.6 Å². The molecule has 6 heteroatoms. The van der Waals surface area contributed by atoms with Gasteiger partial charge in [-0.2, -0.15) is 13.2 Å². The topological polar surface area (TPSA) is 46.3 Å². The van der Waals surface area contributed by atoms with Crippen molar-refractivity contribution in [3.63, 3.8) is 0 Å². The van der Waals surface area contributed by atoms with Crippen molar-refractivity contribution in [1.82, 2.24) is 4.90 Å². The molecule has 2 saturated carbocycles. The first kappa shape index (κ1) is 15.9. The highest BCUT2D eigenvalue weighted by atomic mass is 19.4. The third kappa shape index (κ3) is 2.51. The molecule has 130 valence electrons. The zero-order valence-electron chi connectivity index (χ0n) is 13.4. The Hall–Kier alpha value is -1.56. The lowest BCUT2D eigenvalue weighted by Gasteiger charge is -2.37. The van der Waals surface area contributed by atoms with Gasteiger partial charge in [-0.25, -0.2) is 0 Å². The second-order valence-electron chi connectivity index (χ2n) is 7.44. The SMILES string of the molecule is NC1CC2CC(C(=O)N3CCc4c(cccc4C(F)(F)F)C3)CC12. The predicted molar refractivity (Wildman–Crippen MR) is 82.9 cm³/mol. The quantitative estimate of drug-likeness (QED) is 0.856. The van der Waals surface area contributed by atoms with Gasteiger partial charge >= 0.3 is 6.18 Å². The van der Waals surface area contributed by atoms with Crippen molar-refractivity contribution in [3.8, 4) is 0 Å². The van der Waals surface area contributed by atoms with Crippen LogP contribution < -0.4 is 5.73 Å². The van der Waals surface area contributed by atoms with Gasteiger partial charge in [0.05, 0.1) is 5.56 Å². The van der Waals surface area contributed by atoms with Gasteiger partial charge in [0, 0.05) is 25.0 Å². The molecule has 1 aromatic carbocycles. The molecular formula is C18H21F3N2O. The van der Waals surface area contributed by atoms with Gasteiger partial charge in [0.25, 0.3) is 0 Å². The number of alkyl halides is 3. The predicted octanol–water partition coefficient (Wildman–Crippen LogP) is 2.96. The van der Waals surface area contributed by atoms with Gasteiger partial charge in [0.1, 0.15) is 0 Å². The van der Waals surface area contributed by atoms with Crippen molar-refractivity contribution in [2.75, 3.05) is 6.54 Å². The molecule has 1 heterocycles. The summed E-state index contributed by atoms with van der Waals surface area (Å²) in [5.41, 5.74) is 6.41. The lowest BCUT2D eigenvalue weighted by atomic mass is 9.72. The highest BCUT2D eigenvalue weighted by Gasteiger charge is 2.48. The Morgan fingerprint density at radius 1 is 1.21 bits per heavy atom. The first-order valence-electron chi connectivity index (χ1n) is 8.57. The summed E-state index contributed by atoms with van der Waals surface area (Å²) in [5.74, 6) is 1.14. The van der Waals surface area contributed by atoms with Crippen LogP contribution in [0.1, 0.15) is 36.0 Å². The second kappa shape index (κ2) is 5.48. The molecular weight excluding hydrogens is 317 g/mol. The lowest BCUT2D eigenvalue weighted by molar-refractivity contribution is -0.139. The van der Waals surface area contributed by atoms with Gasteiger partial charge in [-0.3, -0.25) is 4.79 Å². The van der Waals surface area contributed by atoms with Crippen LogP contribution in [0.15, 0.2) is 18.2 Å². The molecule has 1 aromatic rings. The molecule has 3 aliphatic rings. The normalized spacial score (nSPS) is 32.1. The maximum atomic E-state index is 13.1. The molecule has 2 N–H and O–H groups in total. The van der Waals surface area contributed by atoms with Crippen molar-refractivity contribution < 1.29 is 18.0 Å². The summed E-state index contributed by atoms with van der Waals surface area (Å²) in [5, 5.41) is 0. The van der Waals surface area contributed by atoms with Crippen LogP contribution in [0, 0.1) is 17.8 Å². The van der Waals surface area contributed by atoms with Crippen LogP contribution in [0.25, 0.3) is 0 Å². The first-order chi connectivity index (χ1) is 11.3. The molecule has 0 aromatic heterocycles. The molecule has 0 bridgehead atoms. The molecule has 4 rings (SSSR count). The van der Waals surface area contributed by atoms with E-state index in [1.54, 1.807) is 11.0 Å². The molecule has 24 heavy (non-hydrogen) atoms. The molecule has 4 unspecified atom stereocenters. The zero-order chi connectivity index (χ0) is 17.1. The fraction of sp³-hybridized carbons (Fsp3) is 0.611. The van der Waals surface area contributed by atoms with E-state index in [0.29, 0.717) is 29.5 Å². The number of nitrogens with two attached hydrogens (primary N) is 1. The van der Waals surface area contributed by atoms with Crippen LogP contribution in [0.3, 0.4) is 0 Å². The van der Waals surface area contributed by atoms with Gasteiger partial charge in [0.2, 0.25) is 5.91 Å². The molecule has 2 fully saturated rings. The average molecular weight is 338 g/mol. The van der Waals surface area contributed by atoms with Crippen LogP contribution in [0.2, 0.25) is 0 Å². The van der Waals surface area contributed by atoms with Crippen LogP contribution in [-0.2, 0) is 23.9 Å². The van der Waals surface area contributed by atoms with E-state index >= 15 is 0 Å². The van der Waals surface area contributed by atoms with Crippen LogP contribution in [0.5, 0.6) is 0 Å². The Morgan fingerprint density at radius 2 is 2.00 bits per heavy atom. The number of hydrogen-bond acceptors (Lipinski definition) is 2. The fourth-order valence-electron chi connectivity index (χ4n) is 4.80. The van der Waals surface area contributed by atoms with E-state index in [1.807, 2.05) is 0 Å². The zero-order valence-corrected chi connectivity index (χ0v) is 13.4. The van der Waals surface area contributed by atoms with Crippen LogP contribution in [-0.4, -0.2) is 23.4 Å². The van der Waals surface area contributed by atoms with Crippen molar-refractivity contribution >= 4 is 5.91 Å². The molecule has 3 nitrogen and oxygen atoms in total. The number of hydrogen-bond donors (Lipinski definition) is 1. The van der Waals surface area contributed by atoms with Crippen molar-refractivity contribution in [1.29, 1.82) is 0 Å². The average Bonchev–Trinajstić information content (AvgIpc) is 2.89. The molecule has 0 radical (unpaired) electrons. The maximum absolute atomic E-state index is 13.1. The number of halogens is 3. The summed E-state index contributed by atoms with van der Waals surface area (Å²) in [4.78, 5) is 14.5. The first-order valence-corrected chi connectivity index (χ1v) is 8.57. The summed E-state index contributed by atoms with van der Waals surface area (Å²) in [6, 6.07) is 4.50. The summed E-state index contributed by atoms with van der Waals surface area (Å²) in [7, 11) is 0. The van der Waals surface area contributed by atoms with Gasteiger partial charge in [0.15, 0.2) is 0 Å². The number of rotatable bonds is 1. The van der Waals surface area contributed by atoms with E-state index in [9.17, 15) is 18.0 Å². The van der Waals surface area contributed by atoms with Crippen LogP contribution >= 0.6 is 0 Å². The number of carbonyl (C=O) groups excluding carboxylic acids is 1. The number of carbonyl (C=O) groups is 1. The Balaban J connectivity index is 1.50. The highest BCUT2D eigenvalue weighted by molar-refractivity contribution is 5.79. The minimum Gasteiger partial charge on any atom is -0.338 e. The molecule has 1 amide bonds. The van der Waals surface area contributed by atoms with Crippen molar-refractivity contribution in [3.05, 3.63) is 34.9 Å². The monoisotopic (exact) mass is 338 g/mol. The highest BCUT2D eigenvalue weighted by Crippen LogP contribution is 2.49. The summed E-state index contributed by atoms with van der Waals surface area (Å²) in [6.07, 6.45) is -1.32. The number of benzene rings is 1. The number of nitrogens with zero attached hydrogens (tertiary/aromatic N) is 1. The molecule has 4 atom stereocenters. The summed E-state index contributed by atoms with van der Waals surface area (Å²) >= 11 is 0. The fourth-order valence-corrected chi connectivity index (χ4v) is 4.80. The largest absolute Gasteiger partial charge is 0.416 e. The van der Waals surface area contributed by atoms with Gasteiger partial charge in [-0.1, -0.05) is 12.1 Å². The molecule has 0 saturated heterocycles. The molecule has 0 spiro atoms. The van der Waals surface area contributed by atoms with E-state index < -0.39 is 11.7 Å². The standard InChI is InChI=1S/C18H21F3N2O/c19-18(20,21)15-3-1-2-10-9-23(5-4-13(10)15)17(24)12-6-11-8-16(22)14(11)7-12/h1-3,11-12,14,16H,4-9,22H2. The summed E-state index contributed by atoms with van der Waals surface area (Å²) < 4.78 is 39.3. The Bertz CT molecular complexity index is 673. The molecule has 2 aliphatic carbocycles. The third-order valence-corrected chi connectivity index (χ3v) is 6.11. The third-order valence-electron chi connectivity index (χ3n) is 6.11. The Kier molecular flexibility index (Phi) is 3.64. The van der Waals surface area contributed by atoms with Crippen molar-refractivity contribution in [2.24, 2.45) is 23.5 Å². The Morgan fingerprint density at radius 3 is 2.67 bits per heavy atom. The van der Waals surface area contributed by atoms with Crippen molar-refractivity contribution in [2.45, 2.75) is 44.4 Å². The van der Waals surface area contributed by atoms with E-state index in [0.717, 1.165) is 25.3 Å². The van der Waals surface area contributed by atoms with Gasteiger partial charge in [-0.15, -0.1) is 0 Å². The lowest BCUT2D eigenvalue weighted by Crippen LogP contribution is -2.44. The minimum atomic E-state index is -4.34. The van der Waals surface area contributed by atoms with E-state index in [1.165, 1.54) is 6.07 Å². The summed E-state index contributed by atoms with van der Waals surface area (Å²) in [6.45, 7) is 0.660. The smallest absolute Gasteiger partial charge is 0.338 e. The van der Waals surface area contributed by atoms with E-state index in [-0.39, 0.29) is 30.8 Å². The maximum Gasteiger partial charge on any atom is 0.416 e. The van der Waals surface area contributed by atoms with Gasteiger partial charge in [-0.05, 0) is 54.7 Å². The Labute approximate surface area is 139 Å². The number of fused-ring (bicyclic) bond motifs is 2. The number of amides is 1. The molecule has 1 aliphatic heterocycles. The van der Waals surface area contributed by atoms with Crippen LogP contribution in [0.4, 0.5) is 13.2 Å². The van der Waals surface area contributed by atoms with E-state index in [2.05, 4.69) is 0 Å². The van der Waals surface area contributed by atoms with E-state index in [4.69, 9.17) is 5.73 Å². The second-order valence-corrected chi connectivity index (χ2v) is 7.44.